The van der Waals surface area contributed by atoms with Gasteiger partial charge in [-0.3, -0.25) is 0 Å². The predicted octanol–water partition coefficient (Wildman–Crippen LogP) is 1.83. The van der Waals surface area contributed by atoms with E-state index in [1.807, 2.05) is 13.8 Å². The molecule has 66 valence electrons. The minimum absolute atomic E-state index is 0.702. The molecule has 2 heteroatoms. The van der Waals surface area contributed by atoms with Crippen molar-refractivity contribution in [2.24, 2.45) is 11.7 Å². The molecule has 0 bridgehead atoms. The minimum atomic E-state index is 0.702. The Morgan fingerprint density at radius 1 is 1.45 bits per heavy atom. The van der Waals surface area contributed by atoms with Gasteiger partial charge in [0, 0.05) is 6.54 Å². The smallest absolute Gasteiger partial charge is 0.0946 e. The summed E-state index contributed by atoms with van der Waals surface area (Å²) in [6.45, 7) is 9.40. The molecule has 0 saturated heterocycles. The largest absolute Gasteiger partial charge is 0.386 e. The Morgan fingerprint density at radius 3 is 2.36 bits per heavy atom. The van der Waals surface area contributed by atoms with Gasteiger partial charge >= 0.3 is 0 Å². The maximum absolute atomic E-state index is 5.69. The maximum atomic E-state index is 5.69. The Balaban J connectivity index is 3.63. The SMILES string of the molecule is CCC(C)CNC(N)=C(C)C. The molecule has 2 nitrogen and oxygen atoms in total. The number of nitrogens with two attached hydrogens (primary N) is 1. The molecule has 1 atom stereocenters. The van der Waals surface area contributed by atoms with Crippen molar-refractivity contribution in [3.63, 3.8) is 0 Å². The number of rotatable bonds is 4. The lowest BCUT2D eigenvalue weighted by Gasteiger charge is -2.12. The van der Waals surface area contributed by atoms with E-state index >= 15 is 0 Å². The predicted molar refractivity (Wildman–Crippen MR) is 50.0 cm³/mol. The second-order valence-corrected chi connectivity index (χ2v) is 3.31. The molecule has 0 radical (unpaired) electrons. The Bertz CT molecular complexity index is 134. The fourth-order valence-electron chi connectivity index (χ4n) is 0.605. The van der Waals surface area contributed by atoms with E-state index in [4.69, 9.17) is 5.73 Å². The third-order valence-corrected chi connectivity index (χ3v) is 1.88. The van der Waals surface area contributed by atoms with Crippen molar-refractivity contribution < 1.29 is 0 Å². The number of nitrogens with one attached hydrogen (secondary N) is 1. The molecule has 0 rings (SSSR count). The van der Waals surface area contributed by atoms with Gasteiger partial charge in [-0.25, -0.2) is 0 Å². The highest BCUT2D eigenvalue weighted by atomic mass is 15.0. The van der Waals surface area contributed by atoms with Crippen LogP contribution in [0.3, 0.4) is 0 Å². The molecule has 1 unspecified atom stereocenters. The molecule has 0 aromatic carbocycles. The summed E-state index contributed by atoms with van der Waals surface area (Å²) in [5, 5.41) is 3.19. The van der Waals surface area contributed by atoms with Crippen molar-refractivity contribution in [2.75, 3.05) is 6.54 Å². The van der Waals surface area contributed by atoms with E-state index in [-0.39, 0.29) is 0 Å². The van der Waals surface area contributed by atoms with Crippen LogP contribution in [0.4, 0.5) is 0 Å². The van der Waals surface area contributed by atoms with Crippen LogP contribution in [0, 0.1) is 5.92 Å². The third kappa shape index (κ3) is 4.71. The normalized spacial score (nSPS) is 12.4. The maximum Gasteiger partial charge on any atom is 0.0946 e. The van der Waals surface area contributed by atoms with Crippen molar-refractivity contribution in [2.45, 2.75) is 34.1 Å². The molecule has 0 amide bonds. The molecule has 0 aliphatic carbocycles. The van der Waals surface area contributed by atoms with Gasteiger partial charge in [-0.15, -0.1) is 0 Å². The summed E-state index contributed by atoms with van der Waals surface area (Å²) in [5.41, 5.74) is 6.85. The fraction of sp³-hybridized carbons (Fsp3) is 0.778. The van der Waals surface area contributed by atoms with Crippen molar-refractivity contribution >= 4 is 0 Å². The molecule has 0 fully saturated rings. The highest BCUT2D eigenvalue weighted by Gasteiger charge is 1.98. The van der Waals surface area contributed by atoms with Gasteiger partial charge in [0.05, 0.1) is 5.82 Å². The van der Waals surface area contributed by atoms with Crippen LogP contribution in [0.2, 0.25) is 0 Å². The van der Waals surface area contributed by atoms with Crippen LogP contribution in [0.1, 0.15) is 34.1 Å². The van der Waals surface area contributed by atoms with Crippen LogP contribution in [0.15, 0.2) is 11.4 Å². The third-order valence-electron chi connectivity index (χ3n) is 1.88. The lowest BCUT2D eigenvalue weighted by molar-refractivity contribution is 0.526. The van der Waals surface area contributed by atoms with Gasteiger partial charge in [-0.05, 0) is 25.3 Å². The fourth-order valence-corrected chi connectivity index (χ4v) is 0.605. The van der Waals surface area contributed by atoms with Crippen LogP contribution < -0.4 is 11.1 Å². The zero-order valence-corrected chi connectivity index (χ0v) is 8.07. The topological polar surface area (TPSA) is 38.0 Å². The van der Waals surface area contributed by atoms with Crippen molar-refractivity contribution in [3.8, 4) is 0 Å². The minimum Gasteiger partial charge on any atom is -0.386 e. The van der Waals surface area contributed by atoms with Gasteiger partial charge in [-0.2, -0.15) is 0 Å². The molecule has 0 heterocycles. The van der Waals surface area contributed by atoms with E-state index in [1.165, 1.54) is 6.42 Å². The van der Waals surface area contributed by atoms with Crippen LogP contribution in [-0.4, -0.2) is 6.54 Å². The van der Waals surface area contributed by atoms with E-state index in [0.717, 1.165) is 17.9 Å². The zero-order chi connectivity index (χ0) is 8.85. The zero-order valence-electron chi connectivity index (χ0n) is 8.07. The first-order valence-corrected chi connectivity index (χ1v) is 4.24. The van der Waals surface area contributed by atoms with E-state index in [1.54, 1.807) is 0 Å². The Morgan fingerprint density at radius 2 is 2.00 bits per heavy atom. The van der Waals surface area contributed by atoms with Gasteiger partial charge in [0.2, 0.25) is 0 Å². The van der Waals surface area contributed by atoms with Crippen LogP contribution >= 0.6 is 0 Å². The average molecular weight is 156 g/mol. The van der Waals surface area contributed by atoms with E-state index in [2.05, 4.69) is 19.2 Å². The standard InChI is InChI=1S/C9H20N2/c1-5-8(4)6-11-9(10)7(2)3/h8,11H,5-6,10H2,1-4H3. The summed E-state index contributed by atoms with van der Waals surface area (Å²) in [4.78, 5) is 0. The van der Waals surface area contributed by atoms with Crippen molar-refractivity contribution in [1.29, 1.82) is 0 Å². The molecule has 0 aliphatic rings. The molecule has 3 N–H and O–H groups in total. The second-order valence-electron chi connectivity index (χ2n) is 3.31. The summed E-state index contributed by atoms with van der Waals surface area (Å²) in [7, 11) is 0. The first-order valence-electron chi connectivity index (χ1n) is 4.24. The lowest BCUT2D eigenvalue weighted by Crippen LogP contribution is -2.25. The molecule has 0 aliphatic heterocycles. The first kappa shape index (κ1) is 10.3. The van der Waals surface area contributed by atoms with Gasteiger partial charge in [-0.1, -0.05) is 20.3 Å². The molecular formula is C9H20N2. The van der Waals surface area contributed by atoms with Crippen LogP contribution in [0.5, 0.6) is 0 Å². The lowest BCUT2D eigenvalue weighted by atomic mass is 10.1. The summed E-state index contributed by atoms with van der Waals surface area (Å²) in [6.07, 6.45) is 1.20. The van der Waals surface area contributed by atoms with Gasteiger partial charge in [0.15, 0.2) is 0 Å². The summed E-state index contributed by atoms with van der Waals surface area (Å²) in [5.74, 6) is 1.53. The highest BCUT2D eigenvalue weighted by Crippen LogP contribution is 1.99. The quantitative estimate of drug-likeness (QED) is 0.651. The Labute approximate surface area is 69.9 Å². The van der Waals surface area contributed by atoms with Gasteiger partial charge in [0.25, 0.3) is 0 Å². The van der Waals surface area contributed by atoms with Crippen LogP contribution in [-0.2, 0) is 0 Å². The van der Waals surface area contributed by atoms with Crippen LogP contribution in [0.25, 0.3) is 0 Å². The summed E-state index contributed by atoms with van der Waals surface area (Å²) in [6, 6.07) is 0. The Kier molecular flexibility index (Phi) is 4.75. The van der Waals surface area contributed by atoms with E-state index in [0.29, 0.717) is 5.92 Å². The second kappa shape index (κ2) is 5.05. The number of hydrogen-bond donors (Lipinski definition) is 2. The highest BCUT2D eigenvalue weighted by molar-refractivity contribution is 5.02. The van der Waals surface area contributed by atoms with Gasteiger partial charge in [0.1, 0.15) is 0 Å². The Hall–Kier alpha value is -0.660. The summed E-state index contributed by atoms with van der Waals surface area (Å²) >= 11 is 0. The van der Waals surface area contributed by atoms with Gasteiger partial charge < -0.3 is 11.1 Å². The monoisotopic (exact) mass is 156 g/mol. The number of hydrogen-bond acceptors (Lipinski definition) is 2. The van der Waals surface area contributed by atoms with E-state index < -0.39 is 0 Å². The molecular weight excluding hydrogens is 136 g/mol. The first-order chi connectivity index (χ1) is 5.07. The molecule has 0 spiro atoms. The average Bonchev–Trinajstić information content (AvgIpc) is 1.99. The molecule has 11 heavy (non-hydrogen) atoms. The molecule has 0 aromatic heterocycles. The van der Waals surface area contributed by atoms with Crippen molar-refractivity contribution in [3.05, 3.63) is 11.4 Å². The molecule has 0 aromatic rings. The van der Waals surface area contributed by atoms with Crippen molar-refractivity contribution in [1.82, 2.24) is 5.32 Å². The molecule has 0 saturated carbocycles. The number of allylic oxidation sites excluding steroid dienone is 1. The summed E-state index contributed by atoms with van der Waals surface area (Å²) < 4.78 is 0. The van der Waals surface area contributed by atoms with E-state index in [9.17, 15) is 0 Å².